The zero-order chi connectivity index (χ0) is 56.8. The number of hydrogen-bond acceptors (Lipinski definition) is 13. The van der Waals surface area contributed by atoms with Crippen molar-refractivity contribution in [1.29, 1.82) is 0 Å². The molecule has 2 fully saturated rings. The summed E-state index contributed by atoms with van der Waals surface area (Å²) in [5, 5.41) is 12.3. The lowest BCUT2D eigenvalue weighted by molar-refractivity contribution is -0.0721. The minimum absolute atomic E-state index is 0.233. The molecule has 436 valence electrons. The van der Waals surface area contributed by atoms with Crippen molar-refractivity contribution in [1.82, 2.24) is 78.0 Å². The Bertz CT molecular complexity index is 2240. The first-order valence-corrected chi connectivity index (χ1v) is 29.8. The van der Waals surface area contributed by atoms with Crippen LogP contribution in [0.25, 0.3) is 0 Å². The van der Waals surface area contributed by atoms with Crippen molar-refractivity contribution in [2.24, 2.45) is 29.6 Å². The van der Waals surface area contributed by atoms with Crippen LogP contribution in [0.15, 0.2) is 31.2 Å². The fourth-order valence-corrected chi connectivity index (χ4v) is 10.8. The SMILES string of the molecule is CC(C)C(C)(C)N1CCN2CCOCC2C1.CC(C)C(C)(C)N1CCn2ccnc2C1.CC(C)C(C)(C)N1CCn2cnnc2C1.CC(C)C(C)(C)N1CCn2ncnc2C1.Cc1cnc2n1CCN(C(C)(C)C(C)C)C2. The van der Waals surface area contributed by atoms with E-state index in [-0.39, 0.29) is 22.2 Å². The van der Waals surface area contributed by atoms with Crippen LogP contribution in [0.2, 0.25) is 0 Å². The van der Waals surface area contributed by atoms with Gasteiger partial charge in [0.1, 0.15) is 36.0 Å². The van der Waals surface area contributed by atoms with E-state index in [4.69, 9.17) is 4.74 Å². The number of nitrogens with zero attached hydrogens (tertiary/aromatic N) is 16. The lowest BCUT2D eigenvalue weighted by Gasteiger charge is -2.50. The molecule has 17 nitrogen and oxygen atoms in total. The van der Waals surface area contributed by atoms with Gasteiger partial charge in [-0.25, -0.2) is 19.6 Å². The molecule has 4 aromatic rings. The van der Waals surface area contributed by atoms with Crippen LogP contribution in [0.3, 0.4) is 0 Å². The highest BCUT2D eigenvalue weighted by molar-refractivity contribution is 5.07. The predicted octanol–water partition coefficient (Wildman–Crippen LogP) is 9.07. The molecule has 10 heterocycles. The summed E-state index contributed by atoms with van der Waals surface area (Å²) in [6, 6.07) is 0.625. The minimum Gasteiger partial charge on any atom is -0.378 e. The second-order valence-electron chi connectivity index (χ2n) is 27.3. The quantitative estimate of drug-likeness (QED) is 0.150. The molecule has 2 saturated heterocycles. The van der Waals surface area contributed by atoms with Gasteiger partial charge in [-0.3, -0.25) is 29.4 Å². The molecule has 1 unspecified atom stereocenters. The number of imidazole rings is 2. The number of piperazine rings is 1. The smallest absolute Gasteiger partial charge is 0.147 e. The van der Waals surface area contributed by atoms with E-state index >= 15 is 0 Å². The predicted molar refractivity (Wildman–Crippen MR) is 313 cm³/mol. The molecule has 77 heavy (non-hydrogen) atoms. The Morgan fingerprint density at radius 2 is 0.974 bits per heavy atom. The molecular weight excluding hydrogens is 961 g/mol. The van der Waals surface area contributed by atoms with E-state index in [0.29, 0.717) is 41.2 Å². The second-order valence-corrected chi connectivity index (χ2v) is 27.3. The van der Waals surface area contributed by atoms with Gasteiger partial charge in [-0.2, -0.15) is 5.10 Å². The first-order valence-electron chi connectivity index (χ1n) is 29.8. The van der Waals surface area contributed by atoms with Crippen molar-refractivity contribution in [2.45, 2.75) is 231 Å². The standard InChI is InChI=1S/C13H23N3.C13H26N2O.C12H21N3.2C11H20N4/c1-10(2)13(4,5)15-6-7-16-11(3)8-14-12(16)9-15;1-11(2)13(3,4)15-6-5-14-7-8-16-10-12(14)9-15;1-10(2)12(3,4)15-8-7-14-6-5-13-11(14)9-15;1-9(2)11(3,4)15-6-5-14-8-12-13-10(14)7-15;1-9(2)11(3,4)14-5-6-15-10(7-14)12-8-13-15/h8,10H,6-7,9H2,1-5H3;11-12H,5-10H2,1-4H3;5-6,10H,7-9H2,1-4H3;2*8-9H,5-7H2,1-4H3. The molecule has 0 N–H and O–H groups in total. The number of morpholine rings is 1. The molecule has 0 spiro atoms. The molecule has 4 aromatic heterocycles. The van der Waals surface area contributed by atoms with Crippen molar-refractivity contribution >= 4 is 0 Å². The maximum atomic E-state index is 5.59. The molecular formula is C60H110N16O. The average Bonchev–Trinajstić information content (AvgIpc) is 4.24. The van der Waals surface area contributed by atoms with Crippen molar-refractivity contribution in [3.05, 3.63) is 60.2 Å². The van der Waals surface area contributed by atoms with Gasteiger partial charge in [0.05, 0.1) is 45.9 Å². The Balaban J connectivity index is 0.000000156. The van der Waals surface area contributed by atoms with Gasteiger partial charge in [0, 0.05) is 130 Å². The van der Waals surface area contributed by atoms with E-state index < -0.39 is 0 Å². The summed E-state index contributed by atoms with van der Waals surface area (Å²) in [6.45, 7) is 67.3. The molecule has 10 rings (SSSR count). The Morgan fingerprint density at radius 3 is 1.55 bits per heavy atom. The molecule has 0 amide bonds. The van der Waals surface area contributed by atoms with E-state index in [2.05, 4.69) is 225 Å². The van der Waals surface area contributed by atoms with E-state index in [1.165, 1.54) is 37.0 Å². The highest BCUT2D eigenvalue weighted by Gasteiger charge is 2.39. The van der Waals surface area contributed by atoms with E-state index in [1.807, 2.05) is 23.4 Å². The fraction of sp³-hybridized carbons (Fsp3) is 0.833. The number of ether oxygens (including phenoxy) is 1. The summed E-state index contributed by atoms with van der Waals surface area (Å²) in [5.41, 5.74) is 2.58. The van der Waals surface area contributed by atoms with Crippen LogP contribution in [0.4, 0.5) is 0 Å². The molecule has 0 aromatic carbocycles. The zero-order valence-electron chi connectivity index (χ0n) is 52.6. The van der Waals surface area contributed by atoms with Crippen LogP contribution in [-0.4, -0.2) is 177 Å². The first-order chi connectivity index (χ1) is 36.0. The Labute approximate surface area is 467 Å². The summed E-state index contributed by atoms with van der Waals surface area (Å²) in [6.07, 6.45) is 9.45. The van der Waals surface area contributed by atoms with Crippen molar-refractivity contribution < 1.29 is 4.74 Å². The zero-order valence-corrected chi connectivity index (χ0v) is 52.6. The van der Waals surface area contributed by atoms with E-state index in [0.717, 1.165) is 110 Å². The summed E-state index contributed by atoms with van der Waals surface area (Å²) in [5.74, 6) is 7.93. The maximum absolute atomic E-state index is 5.59. The Kier molecular flexibility index (Phi) is 21.1. The molecule has 6 aliphatic heterocycles. The van der Waals surface area contributed by atoms with Gasteiger partial charge in [0.15, 0.2) is 0 Å². The lowest BCUT2D eigenvalue weighted by atomic mass is 9.87. The van der Waals surface area contributed by atoms with Crippen LogP contribution in [-0.2, 0) is 57.1 Å². The highest BCUT2D eigenvalue weighted by Crippen LogP contribution is 2.32. The number of rotatable bonds is 10. The van der Waals surface area contributed by atoms with Gasteiger partial charge in [-0.1, -0.05) is 69.2 Å². The topological polar surface area (TPSA) is 126 Å². The van der Waals surface area contributed by atoms with Crippen molar-refractivity contribution in [3.63, 3.8) is 0 Å². The first kappa shape index (κ1) is 62.6. The van der Waals surface area contributed by atoms with E-state index in [1.54, 1.807) is 6.33 Å². The minimum atomic E-state index is 0.233. The monoisotopic (exact) mass is 1070 g/mol. The van der Waals surface area contributed by atoms with Crippen LogP contribution in [0.5, 0.6) is 0 Å². The van der Waals surface area contributed by atoms with Crippen molar-refractivity contribution in [2.75, 3.05) is 65.6 Å². The van der Waals surface area contributed by atoms with Crippen LogP contribution >= 0.6 is 0 Å². The van der Waals surface area contributed by atoms with Crippen LogP contribution in [0, 0.1) is 36.5 Å². The fourth-order valence-electron chi connectivity index (χ4n) is 10.8. The van der Waals surface area contributed by atoms with Gasteiger partial charge >= 0.3 is 0 Å². The Hall–Kier alpha value is -3.58. The van der Waals surface area contributed by atoms with Crippen LogP contribution in [0.1, 0.15) is 167 Å². The highest BCUT2D eigenvalue weighted by atomic mass is 16.5. The van der Waals surface area contributed by atoms with Gasteiger partial charge in [-0.05, 0) is 106 Å². The third kappa shape index (κ3) is 14.9. The van der Waals surface area contributed by atoms with Crippen LogP contribution < -0.4 is 0 Å². The van der Waals surface area contributed by atoms with E-state index in [9.17, 15) is 0 Å². The van der Waals surface area contributed by atoms with Gasteiger partial charge in [-0.15, -0.1) is 10.2 Å². The average molecular weight is 1070 g/mol. The lowest BCUT2D eigenvalue weighted by Crippen LogP contribution is -2.63. The second kappa shape index (κ2) is 25.9. The molecule has 0 aliphatic carbocycles. The molecule has 0 bridgehead atoms. The normalized spacial score (nSPS) is 20.5. The number of fused-ring (bicyclic) bond motifs is 5. The van der Waals surface area contributed by atoms with Crippen molar-refractivity contribution in [3.8, 4) is 0 Å². The molecule has 0 radical (unpaired) electrons. The third-order valence-electron chi connectivity index (χ3n) is 20.6. The number of aryl methyl sites for hydroxylation is 1. The molecule has 6 aliphatic rings. The third-order valence-corrected chi connectivity index (χ3v) is 20.6. The number of hydrogen-bond donors (Lipinski definition) is 0. The summed E-state index contributed by atoms with van der Waals surface area (Å²) >= 11 is 0. The summed E-state index contributed by atoms with van der Waals surface area (Å²) in [4.78, 5) is 28.5. The Morgan fingerprint density at radius 1 is 0.494 bits per heavy atom. The summed E-state index contributed by atoms with van der Waals surface area (Å²) < 4.78 is 14.3. The largest absolute Gasteiger partial charge is 0.378 e. The van der Waals surface area contributed by atoms with Gasteiger partial charge in [0.25, 0.3) is 0 Å². The van der Waals surface area contributed by atoms with Gasteiger partial charge in [0.2, 0.25) is 0 Å². The maximum Gasteiger partial charge on any atom is 0.147 e. The molecule has 1 atom stereocenters. The van der Waals surface area contributed by atoms with Gasteiger partial charge < -0.3 is 18.4 Å². The summed E-state index contributed by atoms with van der Waals surface area (Å²) in [7, 11) is 0. The number of aromatic nitrogens is 10. The molecule has 17 heteroatoms. The molecule has 0 saturated carbocycles.